The Hall–Kier alpha value is -2.41. The summed E-state index contributed by atoms with van der Waals surface area (Å²) in [5, 5.41) is 9.37. The van der Waals surface area contributed by atoms with Gasteiger partial charge in [-0.2, -0.15) is 13.2 Å². The summed E-state index contributed by atoms with van der Waals surface area (Å²) in [6.07, 6.45) is -3.69. The van der Waals surface area contributed by atoms with Gasteiger partial charge in [-0.05, 0) is 42.8 Å². The number of nitrogens with zero attached hydrogens (tertiary/aromatic N) is 1. The van der Waals surface area contributed by atoms with Crippen molar-refractivity contribution in [1.29, 1.82) is 0 Å². The second-order valence-electron chi connectivity index (χ2n) is 5.21. The third kappa shape index (κ3) is 2.99. The minimum atomic E-state index is -4.54. The molecule has 24 heavy (non-hydrogen) atoms. The summed E-state index contributed by atoms with van der Waals surface area (Å²) in [4.78, 5) is 17.8. The average molecular weight is 351 g/mol. The Bertz CT molecular complexity index is 931. The van der Waals surface area contributed by atoms with Crippen molar-refractivity contribution in [3.8, 4) is 10.6 Å². The highest BCUT2D eigenvalue weighted by molar-refractivity contribution is 7.15. The number of halogens is 3. The first kappa shape index (κ1) is 16.4. The smallest absolute Gasteiger partial charge is 0.416 e. The van der Waals surface area contributed by atoms with Crippen LogP contribution in [0.3, 0.4) is 0 Å². The van der Waals surface area contributed by atoms with Gasteiger partial charge in [-0.25, -0.2) is 9.78 Å². The fourth-order valence-electron chi connectivity index (χ4n) is 2.41. The number of hydrogen-bond acceptors (Lipinski definition) is 3. The molecule has 0 saturated heterocycles. The second-order valence-corrected chi connectivity index (χ2v) is 6.38. The Morgan fingerprint density at radius 1 is 1.21 bits per heavy atom. The summed E-state index contributed by atoms with van der Waals surface area (Å²) < 4.78 is 38.6. The third-order valence-electron chi connectivity index (χ3n) is 3.63. The first-order valence-electron chi connectivity index (χ1n) is 7.14. The Morgan fingerprint density at radius 3 is 2.54 bits per heavy atom. The minimum Gasteiger partial charge on any atom is -0.478 e. The van der Waals surface area contributed by atoms with Crippen molar-refractivity contribution in [1.82, 2.24) is 4.98 Å². The lowest BCUT2D eigenvalue weighted by Gasteiger charge is -2.10. The lowest BCUT2D eigenvalue weighted by Crippen LogP contribution is -2.06. The molecular weight excluding hydrogens is 339 g/mol. The number of carboxylic acids is 1. The maximum Gasteiger partial charge on any atom is 0.416 e. The van der Waals surface area contributed by atoms with Crippen LogP contribution in [-0.4, -0.2) is 16.1 Å². The molecule has 124 valence electrons. The first-order valence-corrected chi connectivity index (χ1v) is 7.95. The van der Waals surface area contributed by atoms with Crippen LogP contribution in [0.25, 0.3) is 21.5 Å². The standard InChI is InChI=1S/C17H12F3NO2S/c1-2-10-4-6-15(24-10)14-8-12(16(22)23)11-7-9(17(18,19)20)3-5-13(11)21-14/h3-8H,2H2,1H3,(H,22,23). The molecule has 3 rings (SSSR count). The van der Waals surface area contributed by atoms with E-state index >= 15 is 0 Å². The molecule has 3 aromatic rings. The first-order chi connectivity index (χ1) is 11.3. The van der Waals surface area contributed by atoms with Gasteiger partial charge < -0.3 is 5.11 Å². The van der Waals surface area contributed by atoms with Crippen molar-refractivity contribution in [2.24, 2.45) is 0 Å². The zero-order chi connectivity index (χ0) is 17.5. The predicted molar refractivity (Wildman–Crippen MR) is 86.4 cm³/mol. The number of hydrogen-bond donors (Lipinski definition) is 1. The van der Waals surface area contributed by atoms with Crippen molar-refractivity contribution in [2.45, 2.75) is 19.5 Å². The number of carbonyl (C=O) groups is 1. The number of alkyl halides is 3. The molecule has 0 radical (unpaired) electrons. The van der Waals surface area contributed by atoms with Gasteiger partial charge in [0.15, 0.2) is 0 Å². The molecule has 0 unspecified atom stereocenters. The van der Waals surface area contributed by atoms with E-state index in [1.807, 2.05) is 19.1 Å². The van der Waals surface area contributed by atoms with Gasteiger partial charge in [0.25, 0.3) is 0 Å². The monoisotopic (exact) mass is 351 g/mol. The number of benzene rings is 1. The molecule has 0 amide bonds. The van der Waals surface area contributed by atoms with Crippen molar-refractivity contribution < 1.29 is 23.1 Å². The molecule has 3 nitrogen and oxygen atoms in total. The van der Waals surface area contributed by atoms with Crippen LogP contribution in [0.1, 0.15) is 27.7 Å². The van der Waals surface area contributed by atoms with Gasteiger partial charge in [-0.15, -0.1) is 11.3 Å². The maximum atomic E-state index is 12.9. The summed E-state index contributed by atoms with van der Waals surface area (Å²) in [6, 6.07) is 8.06. The molecule has 0 atom stereocenters. The number of pyridine rings is 1. The Kier molecular flexibility index (Phi) is 4.04. The summed E-state index contributed by atoms with van der Waals surface area (Å²) in [6.45, 7) is 2.00. The molecule has 0 aliphatic rings. The van der Waals surface area contributed by atoms with Crippen LogP contribution in [0.5, 0.6) is 0 Å². The molecule has 7 heteroatoms. The molecule has 0 bridgehead atoms. The van der Waals surface area contributed by atoms with Gasteiger partial charge in [-0.1, -0.05) is 6.92 Å². The van der Waals surface area contributed by atoms with Crippen LogP contribution >= 0.6 is 11.3 Å². The quantitative estimate of drug-likeness (QED) is 0.702. The molecule has 2 aromatic heterocycles. The van der Waals surface area contributed by atoms with E-state index in [4.69, 9.17) is 0 Å². The van der Waals surface area contributed by atoms with Gasteiger partial charge in [0, 0.05) is 10.3 Å². The number of aromatic carboxylic acids is 1. The molecule has 2 heterocycles. The van der Waals surface area contributed by atoms with Gasteiger partial charge in [0.2, 0.25) is 0 Å². The molecule has 0 spiro atoms. The fraction of sp³-hybridized carbons (Fsp3) is 0.176. The van der Waals surface area contributed by atoms with Gasteiger partial charge in [0.05, 0.1) is 27.2 Å². The number of aromatic nitrogens is 1. The normalized spacial score (nSPS) is 11.8. The Labute approximate surface area is 139 Å². The lowest BCUT2D eigenvalue weighted by atomic mass is 10.0. The molecule has 1 N–H and O–H groups in total. The van der Waals surface area contributed by atoms with Gasteiger partial charge in [0.1, 0.15) is 0 Å². The number of aryl methyl sites for hydroxylation is 1. The molecule has 1 aromatic carbocycles. The molecule has 0 fully saturated rings. The van der Waals surface area contributed by atoms with E-state index < -0.39 is 17.7 Å². The zero-order valence-electron chi connectivity index (χ0n) is 12.5. The SMILES string of the molecule is CCc1ccc(-c2cc(C(=O)O)c3cc(C(F)(F)F)ccc3n2)s1. The van der Waals surface area contributed by atoms with Gasteiger partial charge in [-0.3, -0.25) is 0 Å². The minimum absolute atomic E-state index is 0.0200. The van der Waals surface area contributed by atoms with Crippen LogP contribution in [0.4, 0.5) is 13.2 Å². The van der Waals surface area contributed by atoms with Crippen LogP contribution < -0.4 is 0 Å². The lowest BCUT2D eigenvalue weighted by molar-refractivity contribution is -0.137. The van der Waals surface area contributed by atoms with E-state index in [9.17, 15) is 23.1 Å². The number of fused-ring (bicyclic) bond motifs is 1. The predicted octanol–water partition coefficient (Wildman–Crippen LogP) is 5.24. The molecular formula is C17H12F3NO2S. The zero-order valence-corrected chi connectivity index (χ0v) is 13.3. The van der Waals surface area contributed by atoms with Crippen LogP contribution in [0.2, 0.25) is 0 Å². The summed E-state index contributed by atoms with van der Waals surface area (Å²) in [5.41, 5.74) is -0.405. The van der Waals surface area contributed by atoms with E-state index in [-0.39, 0.29) is 16.5 Å². The van der Waals surface area contributed by atoms with Crippen molar-refractivity contribution in [3.63, 3.8) is 0 Å². The van der Waals surface area contributed by atoms with E-state index in [1.165, 1.54) is 23.5 Å². The Morgan fingerprint density at radius 2 is 1.96 bits per heavy atom. The highest BCUT2D eigenvalue weighted by Gasteiger charge is 2.31. The van der Waals surface area contributed by atoms with Crippen molar-refractivity contribution >= 4 is 28.2 Å². The van der Waals surface area contributed by atoms with Crippen LogP contribution in [0.15, 0.2) is 36.4 Å². The molecule has 0 saturated carbocycles. The van der Waals surface area contributed by atoms with E-state index in [2.05, 4.69) is 4.98 Å². The van der Waals surface area contributed by atoms with E-state index in [0.29, 0.717) is 5.69 Å². The summed E-state index contributed by atoms with van der Waals surface area (Å²) in [7, 11) is 0. The summed E-state index contributed by atoms with van der Waals surface area (Å²) in [5.74, 6) is -1.28. The third-order valence-corrected chi connectivity index (χ3v) is 4.88. The number of thiophene rings is 1. The highest BCUT2D eigenvalue weighted by Crippen LogP contribution is 2.34. The Balaban J connectivity index is 2.23. The summed E-state index contributed by atoms with van der Waals surface area (Å²) >= 11 is 1.49. The van der Waals surface area contributed by atoms with Crippen molar-refractivity contribution in [2.75, 3.05) is 0 Å². The van der Waals surface area contributed by atoms with Crippen LogP contribution in [-0.2, 0) is 12.6 Å². The average Bonchev–Trinajstić information content (AvgIpc) is 3.01. The fourth-order valence-corrected chi connectivity index (χ4v) is 3.32. The van der Waals surface area contributed by atoms with Gasteiger partial charge >= 0.3 is 12.1 Å². The van der Waals surface area contributed by atoms with E-state index in [0.717, 1.165) is 28.3 Å². The second kappa shape index (κ2) is 5.90. The maximum absolute atomic E-state index is 12.9. The molecule has 0 aliphatic heterocycles. The topological polar surface area (TPSA) is 50.2 Å². The van der Waals surface area contributed by atoms with Crippen LogP contribution in [0, 0.1) is 0 Å². The number of rotatable bonds is 3. The largest absolute Gasteiger partial charge is 0.478 e. The molecule has 0 aliphatic carbocycles. The highest BCUT2D eigenvalue weighted by atomic mass is 32.1. The number of carboxylic acid groups (broad SMARTS) is 1. The van der Waals surface area contributed by atoms with E-state index in [1.54, 1.807) is 0 Å². The van der Waals surface area contributed by atoms with Crippen molar-refractivity contribution in [3.05, 3.63) is 52.4 Å².